The van der Waals surface area contributed by atoms with Gasteiger partial charge in [0.2, 0.25) is 0 Å². The summed E-state index contributed by atoms with van der Waals surface area (Å²) in [5.41, 5.74) is 1.93. The van der Waals surface area contributed by atoms with E-state index in [2.05, 4.69) is 26.7 Å². The van der Waals surface area contributed by atoms with Crippen molar-refractivity contribution in [2.45, 2.75) is 39.3 Å². The number of para-hydroxylation sites is 1. The van der Waals surface area contributed by atoms with Crippen molar-refractivity contribution in [1.82, 2.24) is 15.3 Å². The maximum absolute atomic E-state index is 12.7. The number of carbonyl (C=O) groups is 2. The second-order valence-electron chi connectivity index (χ2n) is 8.05. The zero-order chi connectivity index (χ0) is 24.0. The molecule has 0 fully saturated rings. The first kappa shape index (κ1) is 23.7. The average molecular weight is 446 g/mol. The minimum atomic E-state index is -0.583. The predicted molar refractivity (Wildman–Crippen MR) is 125 cm³/mol. The highest BCUT2D eigenvalue weighted by Crippen LogP contribution is 2.23. The summed E-state index contributed by atoms with van der Waals surface area (Å²) in [4.78, 5) is 34.1. The van der Waals surface area contributed by atoms with Gasteiger partial charge < -0.3 is 15.4 Å². The molecule has 0 saturated heterocycles. The number of hydrogen-bond acceptors (Lipinski definition) is 7. The van der Waals surface area contributed by atoms with Crippen molar-refractivity contribution in [3.05, 3.63) is 65.5 Å². The largest absolute Gasteiger partial charge is 0.467 e. The van der Waals surface area contributed by atoms with E-state index in [1.54, 1.807) is 25.1 Å². The average Bonchev–Trinajstić information content (AvgIpc) is 2.84. The molecule has 3 rings (SSSR count). The van der Waals surface area contributed by atoms with Crippen LogP contribution in [0.25, 0.3) is 10.9 Å². The summed E-state index contributed by atoms with van der Waals surface area (Å²) in [6.45, 7) is 5.72. The lowest BCUT2D eigenvalue weighted by atomic mass is 10.0. The third-order valence-corrected chi connectivity index (χ3v) is 5.31. The van der Waals surface area contributed by atoms with Crippen molar-refractivity contribution in [1.29, 1.82) is 5.26 Å². The highest BCUT2D eigenvalue weighted by Gasteiger charge is 2.24. The number of anilines is 1. The number of methoxy groups -OCH3 is 1. The Bertz CT molecular complexity index is 1200. The summed E-state index contributed by atoms with van der Waals surface area (Å²) >= 11 is 0. The van der Waals surface area contributed by atoms with Crippen LogP contribution in [0.4, 0.5) is 5.82 Å². The number of rotatable bonds is 8. The van der Waals surface area contributed by atoms with Crippen LogP contribution in [0.15, 0.2) is 48.5 Å². The zero-order valence-electron chi connectivity index (χ0n) is 19.1. The minimum Gasteiger partial charge on any atom is -0.467 e. The number of nitrogens with one attached hydrogen (secondary N) is 2. The number of nitrogens with zero attached hydrogens (tertiary/aromatic N) is 3. The first-order chi connectivity index (χ1) is 15.8. The third-order valence-electron chi connectivity index (χ3n) is 5.31. The molecule has 1 heterocycles. The van der Waals surface area contributed by atoms with Crippen LogP contribution in [0.2, 0.25) is 0 Å². The molecule has 2 atom stereocenters. The molecule has 3 aromatic rings. The van der Waals surface area contributed by atoms with Crippen LogP contribution >= 0.6 is 0 Å². The number of amides is 1. The molecular formula is C25H27N5O3. The quantitative estimate of drug-likeness (QED) is 0.507. The van der Waals surface area contributed by atoms with Gasteiger partial charge in [0.25, 0.3) is 5.91 Å². The van der Waals surface area contributed by atoms with E-state index < -0.39 is 6.04 Å². The molecule has 0 aliphatic heterocycles. The van der Waals surface area contributed by atoms with E-state index in [1.807, 2.05) is 44.2 Å². The molecule has 0 aliphatic rings. The standard InChI is InChI=1S/C25H27N5O3/c1-15(2)22(25(32)33-4)30-23-19-10-5-6-11-20(19)28-21(29-23)14-27-24(31)18-9-7-8-17(12-18)16(3)13-26/h5-12,15-16,22H,14H2,1-4H3,(H,27,31)(H,28,29,30)/t16?,22-/m0/s1. The van der Waals surface area contributed by atoms with Gasteiger partial charge in [-0.15, -0.1) is 0 Å². The Kier molecular flexibility index (Phi) is 7.57. The summed E-state index contributed by atoms with van der Waals surface area (Å²) in [7, 11) is 1.35. The van der Waals surface area contributed by atoms with E-state index in [0.29, 0.717) is 22.7 Å². The fourth-order valence-corrected chi connectivity index (χ4v) is 3.37. The molecule has 1 aromatic heterocycles. The fraction of sp³-hybridized carbons (Fsp3) is 0.320. The van der Waals surface area contributed by atoms with E-state index in [9.17, 15) is 9.59 Å². The maximum atomic E-state index is 12.7. The number of nitriles is 1. The van der Waals surface area contributed by atoms with Crippen LogP contribution in [-0.2, 0) is 16.1 Å². The van der Waals surface area contributed by atoms with Gasteiger partial charge in [0, 0.05) is 10.9 Å². The molecule has 0 radical (unpaired) electrons. The highest BCUT2D eigenvalue weighted by molar-refractivity contribution is 5.94. The molecule has 0 bridgehead atoms. The van der Waals surface area contributed by atoms with Gasteiger partial charge in [-0.2, -0.15) is 5.26 Å². The van der Waals surface area contributed by atoms with Crippen LogP contribution in [0.1, 0.15) is 48.4 Å². The number of carbonyl (C=O) groups excluding carboxylic acids is 2. The summed E-state index contributed by atoms with van der Waals surface area (Å²) in [5.74, 6) is -0.106. The highest BCUT2D eigenvalue weighted by atomic mass is 16.5. The van der Waals surface area contributed by atoms with Crippen LogP contribution in [0, 0.1) is 17.2 Å². The molecule has 2 aromatic carbocycles. The van der Waals surface area contributed by atoms with Crippen molar-refractivity contribution in [2.24, 2.45) is 5.92 Å². The monoisotopic (exact) mass is 445 g/mol. The minimum absolute atomic E-state index is 0.0302. The number of aromatic nitrogens is 2. The van der Waals surface area contributed by atoms with Gasteiger partial charge in [-0.1, -0.05) is 38.1 Å². The first-order valence-electron chi connectivity index (χ1n) is 10.7. The lowest BCUT2D eigenvalue weighted by molar-refractivity contribution is -0.142. The lowest BCUT2D eigenvalue weighted by Gasteiger charge is -2.21. The second kappa shape index (κ2) is 10.6. The Morgan fingerprint density at radius 1 is 1.09 bits per heavy atom. The van der Waals surface area contributed by atoms with Crippen molar-refractivity contribution < 1.29 is 14.3 Å². The van der Waals surface area contributed by atoms with E-state index in [0.717, 1.165) is 10.9 Å². The van der Waals surface area contributed by atoms with Crippen LogP contribution in [0.3, 0.4) is 0 Å². The topological polar surface area (TPSA) is 117 Å². The second-order valence-corrected chi connectivity index (χ2v) is 8.05. The molecule has 0 spiro atoms. The van der Waals surface area contributed by atoms with Crippen molar-refractivity contribution in [3.63, 3.8) is 0 Å². The number of fused-ring (bicyclic) bond motifs is 1. The van der Waals surface area contributed by atoms with E-state index in [-0.39, 0.29) is 30.3 Å². The van der Waals surface area contributed by atoms with Gasteiger partial charge in [0.1, 0.15) is 11.9 Å². The molecule has 0 aliphatic carbocycles. The van der Waals surface area contributed by atoms with Crippen molar-refractivity contribution in [2.75, 3.05) is 12.4 Å². The normalized spacial score (nSPS) is 12.6. The van der Waals surface area contributed by atoms with Gasteiger partial charge in [-0.3, -0.25) is 4.79 Å². The smallest absolute Gasteiger partial charge is 0.328 e. The SMILES string of the molecule is COC(=O)[C@@H](Nc1nc(CNC(=O)c2cccc(C(C)C#N)c2)nc2ccccc12)C(C)C. The Morgan fingerprint density at radius 2 is 1.85 bits per heavy atom. The molecule has 170 valence electrons. The van der Waals surface area contributed by atoms with Crippen LogP contribution in [0.5, 0.6) is 0 Å². The number of esters is 1. The molecule has 33 heavy (non-hydrogen) atoms. The Labute approximate surface area is 193 Å². The summed E-state index contributed by atoms with van der Waals surface area (Å²) in [5, 5.41) is 15.9. The Morgan fingerprint density at radius 3 is 2.55 bits per heavy atom. The number of hydrogen-bond donors (Lipinski definition) is 2. The fourth-order valence-electron chi connectivity index (χ4n) is 3.37. The zero-order valence-corrected chi connectivity index (χ0v) is 19.1. The predicted octanol–water partition coefficient (Wildman–Crippen LogP) is 3.80. The summed E-state index contributed by atoms with van der Waals surface area (Å²) < 4.78 is 4.93. The van der Waals surface area contributed by atoms with Gasteiger partial charge in [0.15, 0.2) is 5.82 Å². The van der Waals surface area contributed by atoms with E-state index in [4.69, 9.17) is 10.00 Å². The molecule has 8 nitrogen and oxygen atoms in total. The van der Waals surface area contributed by atoms with Crippen molar-refractivity contribution >= 4 is 28.6 Å². The number of benzene rings is 2. The third kappa shape index (κ3) is 5.63. The lowest BCUT2D eigenvalue weighted by Crippen LogP contribution is -2.36. The Balaban J connectivity index is 1.85. The van der Waals surface area contributed by atoms with Gasteiger partial charge >= 0.3 is 5.97 Å². The van der Waals surface area contributed by atoms with Gasteiger partial charge in [-0.25, -0.2) is 14.8 Å². The number of ether oxygens (including phenoxy) is 1. The Hall–Kier alpha value is -3.99. The van der Waals surface area contributed by atoms with Gasteiger partial charge in [-0.05, 0) is 42.7 Å². The molecule has 0 saturated carbocycles. The molecular weight excluding hydrogens is 418 g/mol. The van der Waals surface area contributed by atoms with E-state index >= 15 is 0 Å². The van der Waals surface area contributed by atoms with Crippen molar-refractivity contribution in [3.8, 4) is 6.07 Å². The molecule has 1 amide bonds. The molecule has 8 heteroatoms. The molecule has 1 unspecified atom stereocenters. The van der Waals surface area contributed by atoms with Crippen LogP contribution in [-0.4, -0.2) is 35.0 Å². The summed E-state index contributed by atoms with van der Waals surface area (Å²) in [6, 6.07) is 16.0. The first-order valence-corrected chi connectivity index (χ1v) is 10.7. The molecule has 2 N–H and O–H groups in total. The van der Waals surface area contributed by atoms with E-state index in [1.165, 1.54) is 7.11 Å². The van der Waals surface area contributed by atoms with Gasteiger partial charge in [0.05, 0.1) is 31.2 Å². The summed E-state index contributed by atoms with van der Waals surface area (Å²) in [6.07, 6.45) is 0. The van der Waals surface area contributed by atoms with Crippen LogP contribution < -0.4 is 10.6 Å². The maximum Gasteiger partial charge on any atom is 0.328 e.